The van der Waals surface area contributed by atoms with Crippen molar-refractivity contribution in [3.8, 4) is 0 Å². The Morgan fingerprint density at radius 1 is 1.33 bits per heavy atom. The van der Waals surface area contributed by atoms with Crippen molar-refractivity contribution in [3.05, 3.63) is 52.6 Å². The number of carbonyl (C=O) groups is 1. The molecule has 1 aliphatic heterocycles. The fraction of sp³-hybridized carbons (Fsp3) is 0.312. The van der Waals surface area contributed by atoms with E-state index in [4.69, 9.17) is 5.11 Å². The molecule has 2 heterocycles. The average molecular weight is 283 g/mol. The van der Waals surface area contributed by atoms with Crippen LogP contribution in [-0.4, -0.2) is 27.6 Å². The molecule has 0 saturated carbocycles. The molecule has 21 heavy (non-hydrogen) atoms. The van der Waals surface area contributed by atoms with E-state index in [-0.39, 0.29) is 0 Å². The summed E-state index contributed by atoms with van der Waals surface area (Å²) >= 11 is 0. The lowest BCUT2D eigenvalue weighted by Gasteiger charge is -2.31. The van der Waals surface area contributed by atoms with Gasteiger partial charge in [0.25, 0.3) is 0 Å². The smallest absolute Gasteiger partial charge is 0.335 e. The SMILES string of the molecule is Cc1ncc2c(n1)CCN(c1cc(C(=O)O)ccc1C)C2. The van der Waals surface area contributed by atoms with Crippen molar-refractivity contribution in [2.24, 2.45) is 0 Å². The summed E-state index contributed by atoms with van der Waals surface area (Å²) in [5.41, 5.74) is 4.59. The molecule has 5 heteroatoms. The molecule has 0 fully saturated rings. The molecule has 1 aromatic heterocycles. The molecule has 0 radical (unpaired) electrons. The molecule has 108 valence electrons. The molecule has 2 aromatic rings. The Morgan fingerprint density at radius 2 is 2.14 bits per heavy atom. The van der Waals surface area contributed by atoms with Crippen molar-refractivity contribution in [2.75, 3.05) is 11.4 Å². The van der Waals surface area contributed by atoms with E-state index in [0.717, 1.165) is 47.8 Å². The van der Waals surface area contributed by atoms with Gasteiger partial charge in [-0.25, -0.2) is 14.8 Å². The molecule has 3 rings (SSSR count). The summed E-state index contributed by atoms with van der Waals surface area (Å²) in [5, 5.41) is 9.15. The van der Waals surface area contributed by atoms with Crippen molar-refractivity contribution in [3.63, 3.8) is 0 Å². The molecule has 0 aliphatic carbocycles. The van der Waals surface area contributed by atoms with Crippen molar-refractivity contribution in [2.45, 2.75) is 26.8 Å². The number of anilines is 1. The third-order valence-electron chi connectivity index (χ3n) is 3.85. The number of benzene rings is 1. The van der Waals surface area contributed by atoms with Gasteiger partial charge < -0.3 is 10.0 Å². The summed E-state index contributed by atoms with van der Waals surface area (Å²) in [6, 6.07) is 5.25. The number of carboxylic acid groups (broad SMARTS) is 1. The van der Waals surface area contributed by atoms with Gasteiger partial charge in [0.05, 0.1) is 11.3 Å². The molecule has 0 atom stereocenters. The van der Waals surface area contributed by atoms with Crippen molar-refractivity contribution in [1.82, 2.24) is 9.97 Å². The van der Waals surface area contributed by atoms with Gasteiger partial charge >= 0.3 is 5.97 Å². The first kappa shape index (κ1) is 13.5. The van der Waals surface area contributed by atoms with Crippen LogP contribution in [0.2, 0.25) is 0 Å². The normalized spacial score (nSPS) is 13.9. The van der Waals surface area contributed by atoms with Gasteiger partial charge in [0, 0.05) is 37.0 Å². The van der Waals surface area contributed by atoms with E-state index in [2.05, 4.69) is 14.9 Å². The van der Waals surface area contributed by atoms with Gasteiger partial charge in [-0.2, -0.15) is 0 Å². The maximum Gasteiger partial charge on any atom is 0.335 e. The van der Waals surface area contributed by atoms with Crippen LogP contribution in [0.25, 0.3) is 0 Å². The van der Waals surface area contributed by atoms with Crippen molar-refractivity contribution in [1.29, 1.82) is 0 Å². The number of carboxylic acids is 1. The number of fused-ring (bicyclic) bond motifs is 1. The molecule has 1 N–H and O–H groups in total. The molecule has 0 bridgehead atoms. The lowest BCUT2D eigenvalue weighted by molar-refractivity contribution is 0.0697. The molecule has 0 unspecified atom stereocenters. The zero-order valence-corrected chi connectivity index (χ0v) is 12.1. The number of aromatic nitrogens is 2. The van der Waals surface area contributed by atoms with Crippen LogP contribution in [0.4, 0.5) is 5.69 Å². The fourth-order valence-electron chi connectivity index (χ4n) is 2.70. The number of aryl methyl sites for hydroxylation is 2. The van der Waals surface area contributed by atoms with Gasteiger partial charge in [0.15, 0.2) is 0 Å². The van der Waals surface area contributed by atoms with E-state index in [1.807, 2.05) is 26.1 Å². The Bertz CT molecular complexity index is 713. The van der Waals surface area contributed by atoms with E-state index in [1.165, 1.54) is 0 Å². The summed E-state index contributed by atoms with van der Waals surface area (Å²) in [4.78, 5) is 22.1. The zero-order valence-electron chi connectivity index (χ0n) is 12.1. The van der Waals surface area contributed by atoms with Gasteiger partial charge in [0.1, 0.15) is 5.82 Å². The second kappa shape index (κ2) is 5.16. The second-order valence-corrected chi connectivity index (χ2v) is 5.37. The summed E-state index contributed by atoms with van der Waals surface area (Å²) in [7, 11) is 0. The first-order chi connectivity index (χ1) is 10.0. The average Bonchev–Trinajstić information content (AvgIpc) is 2.47. The summed E-state index contributed by atoms with van der Waals surface area (Å²) in [5.74, 6) is -0.0983. The summed E-state index contributed by atoms with van der Waals surface area (Å²) in [6.45, 7) is 5.46. The lowest BCUT2D eigenvalue weighted by Crippen LogP contribution is -2.32. The van der Waals surface area contributed by atoms with Gasteiger partial charge in [-0.3, -0.25) is 0 Å². The summed E-state index contributed by atoms with van der Waals surface area (Å²) < 4.78 is 0. The molecule has 5 nitrogen and oxygen atoms in total. The van der Waals surface area contributed by atoms with Gasteiger partial charge in [0.2, 0.25) is 0 Å². The third-order valence-corrected chi connectivity index (χ3v) is 3.85. The Labute approximate surface area is 123 Å². The van der Waals surface area contributed by atoms with E-state index in [1.54, 1.807) is 12.1 Å². The van der Waals surface area contributed by atoms with Crippen LogP contribution in [0.15, 0.2) is 24.4 Å². The molecule has 1 aliphatic rings. The van der Waals surface area contributed by atoms with Crippen molar-refractivity contribution < 1.29 is 9.90 Å². The topological polar surface area (TPSA) is 66.3 Å². The molecular formula is C16H17N3O2. The number of hydrogen-bond donors (Lipinski definition) is 1. The van der Waals surface area contributed by atoms with Crippen LogP contribution in [0, 0.1) is 13.8 Å². The van der Waals surface area contributed by atoms with Gasteiger partial charge in [-0.15, -0.1) is 0 Å². The standard InChI is InChI=1S/C16H17N3O2/c1-10-3-4-12(16(20)21)7-15(10)19-6-5-14-13(9-19)8-17-11(2)18-14/h3-4,7-8H,5-6,9H2,1-2H3,(H,20,21). The van der Waals surface area contributed by atoms with Crippen LogP contribution in [0.3, 0.4) is 0 Å². The fourth-order valence-corrected chi connectivity index (χ4v) is 2.70. The van der Waals surface area contributed by atoms with Crippen LogP contribution in [-0.2, 0) is 13.0 Å². The number of aromatic carboxylic acids is 1. The quantitative estimate of drug-likeness (QED) is 0.916. The van der Waals surface area contributed by atoms with E-state index >= 15 is 0 Å². The predicted octanol–water partition coefficient (Wildman–Crippen LogP) is 2.35. The maximum atomic E-state index is 11.1. The first-order valence-corrected chi connectivity index (χ1v) is 6.95. The predicted molar refractivity (Wildman–Crippen MR) is 79.7 cm³/mol. The Morgan fingerprint density at radius 3 is 2.90 bits per heavy atom. The van der Waals surface area contributed by atoms with E-state index in [9.17, 15) is 4.79 Å². The van der Waals surface area contributed by atoms with Gasteiger partial charge in [-0.05, 0) is 31.5 Å². The first-order valence-electron chi connectivity index (χ1n) is 6.95. The maximum absolute atomic E-state index is 11.1. The highest BCUT2D eigenvalue weighted by Gasteiger charge is 2.20. The van der Waals surface area contributed by atoms with Gasteiger partial charge in [-0.1, -0.05) is 6.07 Å². The minimum Gasteiger partial charge on any atom is -0.478 e. The monoisotopic (exact) mass is 283 g/mol. The largest absolute Gasteiger partial charge is 0.478 e. The highest BCUT2D eigenvalue weighted by atomic mass is 16.4. The highest BCUT2D eigenvalue weighted by molar-refractivity contribution is 5.89. The second-order valence-electron chi connectivity index (χ2n) is 5.37. The van der Waals surface area contributed by atoms with E-state index < -0.39 is 5.97 Å². The Kier molecular flexibility index (Phi) is 3.33. The van der Waals surface area contributed by atoms with Crippen LogP contribution in [0.5, 0.6) is 0 Å². The van der Waals surface area contributed by atoms with Crippen LogP contribution >= 0.6 is 0 Å². The molecule has 0 spiro atoms. The van der Waals surface area contributed by atoms with Crippen LogP contribution in [0.1, 0.15) is 33.0 Å². The molecule has 0 amide bonds. The van der Waals surface area contributed by atoms with E-state index in [0.29, 0.717) is 5.56 Å². The summed E-state index contributed by atoms with van der Waals surface area (Å²) in [6.07, 6.45) is 2.73. The van der Waals surface area contributed by atoms with Crippen molar-refractivity contribution >= 4 is 11.7 Å². The Hall–Kier alpha value is -2.43. The Balaban J connectivity index is 1.94. The number of nitrogens with zero attached hydrogens (tertiary/aromatic N) is 3. The molecule has 1 aromatic carbocycles. The molecule has 0 saturated heterocycles. The number of rotatable bonds is 2. The zero-order chi connectivity index (χ0) is 15.0. The third kappa shape index (κ3) is 2.59. The minimum absolute atomic E-state index is 0.321. The minimum atomic E-state index is -0.896. The molecular weight excluding hydrogens is 266 g/mol. The lowest BCUT2D eigenvalue weighted by atomic mass is 10.0. The van der Waals surface area contributed by atoms with Crippen LogP contribution < -0.4 is 4.90 Å². The highest BCUT2D eigenvalue weighted by Crippen LogP contribution is 2.27. The number of hydrogen-bond acceptors (Lipinski definition) is 4.